The SMILES string of the molecule is C=CC(C)(CC)C/C(C)=C/C=C\CC. The van der Waals surface area contributed by atoms with Crippen LogP contribution in [0.1, 0.15) is 47.0 Å². The van der Waals surface area contributed by atoms with Crippen LogP contribution in [0.4, 0.5) is 0 Å². The molecule has 0 amide bonds. The maximum Gasteiger partial charge on any atom is -0.0115 e. The fourth-order valence-corrected chi connectivity index (χ4v) is 1.41. The van der Waals surface area contributed by atoms with Crippen molar-refractivity contribution >= 4 is 0 Å². The van der Waals surface area contributed by atoms with E-state index >= 15 is 0 Å². The smallest absolute Gasteiger partial charge is 0.0115 e. The van der Waals surface area contributed by atoms with Crippen LogP contribution in [0.2, 0.25) is 0 Å². The van der Waals surface area contributed by atoms with Gasteiger partial charge in [-0.3, -0.25) is 0 Å². The van der Waals surface area contributed by atoms with Crippen molar-refractivity contribution < 1.29 is 0 Å². The van der Waals surface area contributed by atoms with E-state index < -0.39 is 0 Å². The summed E-state index contributed by atoms with van der Waals surface area (Å²) in [6.07, 6.45) is 12.0. The first kappa shape index (κ1) is 13.2. The van der Waals surface area contributed by atoms with E-state index in [0.29, 0.717) is 0 Å². The predicted octanol–water partition coefficient (Wildman–Crippen LogP) is 4.89. The molecule has 0 aliphatic rings. The van der Waals surface area contributed by atoms with Crippen LogP contribution in [-0.2, 0) is 0 Å². The van der Waals surface area contributed by atoms with Crippen molar-refractivity contribution in [2.75, 3.05) is 0 Å². The molecule has 0 nitrogen and oxygen atoms in total. The minimum Gasteiger partial charge on any atom is -0.103 e. The zero-order chi connectivity index (χ0) is 11.0. The zero-order valence-electron chi connectivity index (χ0n) is 10.1. The molecule has 0 aromatic carbocycles. The van der Waals surface area contributed by atoms with Gasteiger partial charge in [-0.1, -0.05) is 50.6 Å². The molecular formula is C14H24. The number of rotatable bonds is 6. The summed E-state index contributed by atoms with van der Waals surface area (Å²) in [7, 11) is 0. The molecule has 1 unspecified atom stereocenters. The van der Waals surface area contributed by atoms with Crippen molar-refractivity contribution in [1.82, 2.24) is 0 Å². The lowest BCUT2D eigenvalue weighted by molar-refractivity contribution is 0.408. The summed E-state index contributed by atoms with van der Waals surface area (Å²) >= 11 is 0. The molecular weight excluding hydrogens is 168 g/mol. The number of hydrogen-bond acceptors (Lipinski definition) is 0. The highest BCUT2D eigenvalue weighted by Gasteiger charge is 2.17. The highest BCUT2D eigenvalue weighted by molar-refractivity contribution is 5.13. The summed E-state index contributed by atoms with van der Waals surface area (Å²) < 4.78 is 0. The van der Waals surface area contributed by atoms with Gasteiger partial charge in [-0.25, -0.2) is 0 Å². The molecule has 1 atom stereocenters. The Morgan fingerprint density at radius 3 is 2.43 bits per heavy atom. The Balaban J connectivity index is 4.28. The maximum absolute atomic E-state index is 3.91. The molecule has 0 aliphatic heterocycles. The number of hydrogen-bond donors (Lipinski definition) is 0. The van der Waals surface area contributed by atoms with Crippen LogP contribution >= 0.6 is 0 Å². The average Bonchev–Trinajstić information content (AvgIpc) is 2.18. The van der Waals surface area contributed by atoms with E-state index in [4.69, 9.17) is 0 Å². The molecule has 0 rings (SSSR count). The van der Waals surface area contributed by atoms with Crippen molar-refractivity contribution in [2.24, 2.45) is 5.41 Å². The van der Waals surface area contributed by atoms with Crippen molar-refractivity contribution in [1.29, 1.82) is 0 Å². The van der Waals surface area contributed by atoms with Gasteiger partial charge in [0.2, 0.25) is 0 Å². The average molecular weight is 192 g/mol. The lowest BCUT2D eigenvalue weighted by Crippen LogP contribution is -2.11. The normalized spacial score (nSPS) is 17.0. The molecule has 0 aromatic heterocycles. The van der Waals surface area contributed by atoms with Gasteiger partial charge in [0.25, 0.3) is 0 Å². The Morgan fingerprint density at radius 1 is 1.36 bits per heavy atom. The fourth-order valence-electron chi connectivity index (χ4n) is 1.41. The first-order chi connectivity index (χ1) is 6.58. The van der Waals surface area contributed by atoms with Crippen molar-refractivity contribution in [2.45, 2.75) is 47.0 Å². The summed E-state index contributed by atoms with van der Waals surface area (Å²) in [5.41, 5.74) is 1.69. The predicted molar refractivity (Wildman–Crippen MR) is 66.4 cm³/mol. The van der Waals surface area contributed by atoms with Gasteiger partial charge in [0.1, 0.15) is 0 Å². The molecule has 0 aliphatic carbocycles. The van der Waals surface area contributed by atoms with Crippen molar-refractivity contribution in [3.05, 3.63) is 36.5 Å². The monoisotopic (exact) mass is 192 g/mol. The van der Waals surface area contributed by atoms with E-state index in [1.54, 1.807) is 0 Å². The van der Waals surface area contributed by atoms with Gasteiger partial charge in [0.15, 0.2) is 0 Å². The molecule has 0 saturated heterocycles. The van der Waals surface area contributed by atoms with E-state index in [9.17, 15) is 0 Å². The molecule has 0 spiro atoms. The van der Waals surface area contributed by atoms with Crippen LogP contribution in [0.25, 0.3) is 0 Å². The van der Waals surface area contributed by atoms with Crippen LogP contribution in [0, 0.1) is 5.41 Å². The lowest BCUT2D eigenvalue weighted by atomic mass is 9.81. The van der Waals surface area contributed by atoms with E-state index in [1.165, 1.54) is 5.57 Å². The molecule has 0 heterocycles. The Kier molecular flexibility index (Phi) is 6.27. The third kappa shape index (κ3) is 5.06. The van der Waals surface area contributed by atoms with Crippen molar-refractivity contribution in [3.63, 3.8) is 0 Å². The molecule has 0 N–H and O–H groups in total. The van der Waals surface area contributed by atoms with E-state index in [2.05, 4.69) is 58.6 Å². The molecule has 0 aromatic rings. The van der Waals surface area contributed by atoms with Gasteiger partial charge in [0, 0.05) is 0 Å². The second kappa shape index (κ2) is 6.64. The third-order valence-electron chi connectivity index (χ3n) is 2.74. The minimum atomic E-state index is 0.265. The number of allylic oxidation sites excluding steroid dienone is 5. The van der Waals surface area contributed by atoms with Crippen LogP contribution in [-0.4, -0.2) is 0 Å². The van der Waals surface area contributed by atoms with E-state index in [-0.39, 0.29) is 5.41 Å². The Bertz CT molecular complexity index is 220. The van der Waals surface area contributed by atoms with Crippen LogP contribution in [0.5, 0.6) is 0 Å². The first-order valence-electron chi connectivity index (χ1n) is 5.54. The molecule has 0 radical (unpaired) electrons. The molecule has 14 heavy (non-hydrogen) atoms. The standard InChI is InChI=1S/C14H24/c1-6-9-10-11-13(4)12-14(5,7-2)8-3/h7,9-11H,2,6,8,12H2,1,3-5H3/b10-9-,13-11+. The van der Waals surface area contributed by atoms with E-state index in [0.717, 1.165) is 19.3 Å². The second-order valence-corrected chi connectivity index (χ2v) is 4.24. The first-order valence-corrected chi connectivity index (χ1v) is 5.54. The zero-order valence-corrected chi connectivity index (χ0v) is 10.1. The fraction of sp³-hybridized carbons (Fsp3) is 0.571. The maximum atomic E-state index is 3.91. The third-order valence-corrected chi connectivity index (χ3v) is 2.74. The highest BCUT2D eigenvalue weighted by atomic mass is 14.2. The Hall–Kier alpha value is -0.780. The van der Waals surface area contributed by atoms with Gasteiger partial charge in [-0.15, -0.1) is 6.58 Å². The molecule has 80 valence electrons. The summed E-state index contributed by atoms with van der Waals surface area (Å²) in [6.45, 7) is 12.7. The largest absolute Gasteiger partial charge is 0.103 e. The van der Waals surface area contributed by atoms with Gasteiger partial charge >= 0.3 is 0 Å². The molecule has 0 heteroatoms. The van der Waals surface area contributed by atoms with Crippen LogP contribution < -0.4 is 0 Å². The second-order valence-electron chi connectivity index (χ2n) is 4.24. The minimum absolute atomic E-state index is 0.265. The Morgan fingerprint density at radius 2 is 2.00 bits per heavy atom. The quantitative estimate of drug-likeness (QED) is 0.415. The summed E-state index contributed by atoms with van der Waals surface area (Å²) in [5, 5.41) is 0. The van der Waals surface area contributed by atoms with Crippen LogP contribution in [0.3, 0.4) is 0 Å². The summed E-state index contributed by atoms with van der Waals surface area (Å²) in [4.78, 5) is 0. The molecule has 0 bridgehead atoms. The highest BCUT2D eigenvalue weighted by Crippen LogP contribution is 2.30. The van der Waals surface area contributed by atoms with Gasteiger partial charge in [-0.05, 0) is 31.6 Å². The lowest BCUT2D eigenvalue weighted by Gasteiger charge is -2.24. The molecule has 0 fully saturated rings. The van der Waals surface area contributed by atoms with Crippen LogP contribution in [0.15, 0.2) is 36.5 Å². The van der Waals surface area contributed by atoms with Gasteiger partial charge < -0.3 is 0 Å². The summed E-state index contributed by atoms with van der Waals surface area (Å²) in [6, 6.07) is 0. The topological polar surface area (TPSA) is 0 Å². The molecule has 0 saturated carbocycles. The van der Waals surface area contributed by atoms with Crippen molar-refractivity contribution in [3.8, 4) is 0 Å². The van der Waals surface area contributed by atoms with Gasteiger partial charge in [-0.2, -0.15) is 0 Å². The van der Waals surface area contributed by atoms with E-state index in [1.807, 2.05) is 0 Å². The van der Waals surface area contributed by atoms with Gasteiger partial charge in [0.05, 0.1) is 0 Å². The summed E-state index contributed by atoms with van der Waals surface area (Å²) in [5.74, 6) is 0. The Labute approximate surface area is 89.4 Å².